The van der Waals surface area contributed by atoms with Crippen LogP contribution in [0.15, 0.2) is 0 Å². The highest BCUT2D eigenvalue weighted by Crippen LogP contribution is 2.32. The zero-order valence-corrected chi connectivity index (χ0v) is 28.9. The van der Waals surface area contributed by atoms with Gasteiger partial charge in [-0.15, -0.1) is 0 Å². The van der Waals surface area contributed by atoms with E-state index >= 15 is 0 Å². The predicted molar refractivity (Wildman–Crippen MR) is 181 cm³/mol. The Labute approximate surface area is 272 Å². The summed E-state index contributed by atoms with van der Waals surface area (Å²) in [6, 6.07) is 0. The molecule has 232 valence electrons. The second-order valence-electron chi connectivity index (χ2n) is 11.7. The van der Waals surface area contributed by atoms with Gasteiger partial charge in [-0.2, -0.15) is 0 Å². The Kier molecular flexibility index (Phi) is 9.05. The Hall–Kier alpha value is -3.50. The third kappa shape index (κ3) is 6.06. The summed E-state index contributed by atoms with van der Waals surface area (Å²) in [5, 5.41) is 22.7. The van der Waals surface area contributed by atoms with Gasteiger partial charge in [0.15, 0.2) is 0 Å². The van der Waals surface area contributed by atoms with Crippen LogP contribution >= 0.6 is 31.9 Å². The van der Waals surface area contributed by atoms with Crippen molar-refractivity contribution in [3.8, 4) is 0 Å². The molecule has 5 rings (SSSR count). The maximum absolute atomic E-state index is 11.6. The SMILES string of the molecule is Cc1c2[nH]c(c1CCC(=O)O)C=c1[nH]c(c(C)c1CCC(=O)O)=Cc1[nH]c(c(C(C)Br)c1C)C=c1[nH]c(c(C(C)Br)c1C)=C2. The molecule has 0 spiro atoms. The van der Waals surface area contributed by atoms with Gasteiger partial charge in [0.1, 0.15) is 0 Å². The van der Waals surface area contributed by atoms with Crippen LogP contribution in [0.4, 0.5) is 0 Å². The lowest BCUT2D eigenvalue weighted by atomic mass is 10.0. The molecule has 44 heavy (non-hydrogen) atoms. The fourth-order valence-corrected chi connectivity index (χ4v) is 7.61. The van der Waals surface area contributed by atoms with Crippen LogP contribution in [0.5, 0.6) is 0 Å². The first-order chi connectivity index (χ1) is 20.8. The Morgan fingerprint density at radius 2 is 1.07 bits per heavy atom. The number of H-pyrrole nitrogens is 4. The third-order valence-electron chi connectivity index (χ3n) is 8.77. The van der Waals surface area contributed by atoms with Crippen molar-refractivity contribution in [1.82, 2.24) is 19.9 Å². The van der Waals surface area contributed by atoms with Crippen LogP contribution in [0.2, 0.25) is 0 Å². The van der Waals surface area contributed by atoms with Gasteiger partial charge in [0.25, 0.3) is 0 Å². The molecule has 8 bridgehead atoms. The van der Waals surface area contributed by atoms with E-state index in [1.54, 1.807) is 0 Å². The number of rotatable bonds is 8. The zero-order valence-electron chi connectivity index (χ0n) is 25.8. The molecule has 5 heterocycles. The van der Waals surface area contributed by atoms with Crippen molar-refractivity contribution in [3.63, 3.8) is 0 Å². The van der Waals surface area contributed by atoms with Crippen LogP contribution in [0.1, 0.15) is 104 Å². The number of aromatic amines is 4. The topological polar surface area (TPSA) is 138 Å². The van der Waals surface area contributed by atoms with Gasteiger partial charge in [0, 0.05) is 66.7 Å². The van der Waals surface area contributed by atoms with E-state index in [9.17, 15) is 19.8 Å². The van der Waals surface area contributed by atoms with E-state index in [1.165, 1.54) is 5.56 Å². The van der Waals surface area contributed by atoms with Crippen molar-refractivity contribution in [1.29, 1.82) is 0 Å². The van der Waals surface area contributed by atoms with Crippen molar-refractivity contribution in [2.24, 2.45) is 0 Å². The minimum atomic E-state index is -0.858. The number of halogens is 2. The highest BCUT2D eigenvalue weighted by atomic mass is 79.9. The number of hydrogen-bond acceptors (Lipinski definition) is 2. The van der Waals surface area contributed by atoms with E-state index in [0.717, 1.165) is 83.1 Å². The fraction of sp³-hybridized carbons (Fsp3) is 0.353. The summed E-state index contributed by atoms with van der Waals surface area (Å²) >= 11 is 7.63. The molecule has 4 aromatic heterocycles. The third-order valence-corrected chi connectivity index (χ3v) is 9.68. The van der Waals surface area contributed by atoms with E-state index < -0.39 is 11.9 Å². The molecule has 0 aromatic carbocycles. The lowest BCUT2D eigenvalue weighted by Crippen LogP contribution is -2.14. The Bertz CT molecular complexity index is 2040. The number of carboxylic acid groups (broad SMARTS) is 2. The van der Waals surface area contributed by atoms with Gasteiger partial charge >= 0.3 is 11.9 Å². The van der Waals surface area contributed by atoms with Gasteiger partial charge in [-0.05, 0) is 123 Å². The Morgan fingerprint density at radius 1 is 0.591 bits per heavy atom. The molecule has 0 saturated carbocycles. The molecule has 1 aliphatic rings. The smallest absolute Gasteiger partial charge is 0.303 e. The zero-order chi connectivity index (χ0) is 32.0. The fourth-order valence-electron chi connectivity index (χ4n) is 6.43. The van der Waals surface area contributed by atoms with E-state index in [4.69, 9.17) is 0 Å². The molecular formula is C34H38Br2N4O4. The highest BCUT2D eigenvalue weighted by Gasteiger charge is 2.20. The van der Waals surface area contributed by atoms with Gasteiger partial charge in [-0.3, -0.25) is 9.59 Å². The molecular weight excluding hydrogens is 688 g/mol. The van der Waals surface area contributed by atoms with Gasteiger partial charge in [0.05, 0.1) is 0 Å². The molecule has 0 radical (unpaired) electrons. The van der Waals surface area contributed by atoms with Crippen molar-refractivity contribution in [2.75, 3.05) is 0 Å². The van der Waals surface area contributed by atoms with E-state index in [0.29, 0.717) is 12.8 Å². The number of carboxylic acids is 2. The maximum Gasteiger partial charge on any atom is 0.303 e. The minimum absolute atomic E-state index is 0.000564. The molecule has 0 saturated heterocycles. The van der Waals surface area contributed by atoms with E-state index in [2.05, 4.69) is 97.7 Å². The number of alkyl halides is 2. The summed E-state index contributed by atoms with van der Waals surface area (Å²) in [7, 11) is 0. The first-order valence-electron chi connectivity index (χ1n) is 14.7. The van der Waals surface area contributed by atoms with Crippen molar-refractivity contribution in [2.45, 2.75) is 76.9 Å². The van der Waals surface area contributed by atoms with Gasteiger partial charge in [-0.1, -0.05) is 31.9 Å². The molecule has 8 nitrogen and oxygen atoms in total. The van der Waals surface area contributed by atoms with Crippen LogP contribution in [0.3, 0.4) is 0 Å². The number of aliphatic carboxylic acids is 2. The first-order valence-corrected chi connectivity index (χ1v) is 16.6. The van der Waals surface area contributed by atoms with Gasteiger partial charge < -0.3 is 30.1 Å². The Morgan fingerprint density at radius 3 is 1.68 bits per heavy atom. The average Bonchev–Trinajstić information content (AvgIpc) is 3.59. The first kappa shape index (κ1) is 31.9. The monoisotopic (exact) mass is 724 g/mol. The van der Waals surface area contributed by atoms with E-state index in [1.807, 2.05) is 19.9 Å². The second-order valence-corrected chi connectivity index (χ2v) is 14.4. The van der Waals surface area contributed by atoms with Crippen molar-refractivity contribution >= 4 is 68.1 Å². The van der Waals surface area contributed by atoms with Crippen LogP contribution in [-0.4, -0.2) is 42.1 Å². The molecule has 0 amide bonds. The number of aromatic nitrogens is 4. The molecule has 0 aliphatic carbocycles. The molecule has 0 fully saturated rings. The summed E-state index contributed by atoms with van der Waals surface area (Å²) in [4.78, 5) is 37.9. The van der Waals surface area contributed by atoms with E-state index in [-0.39, 0.29) is 22.5 Å². The normalized spacial score (nSPS) is 13.8. The number of fused-ring (bicyclic) bond motifs is 8. The molecule has 6 N–H and O–H groups in total. The molecule has 2 unspecified atom stereocenters. The van der Waals surface area contributed by atoms with Crippen LogP contribution in [0.25, 0.3) is 24.3 Å². The molecule has 10 heteroatoms. The average molecular weight is 727 g/mol. The van der Waals surface area contributed by atoms with Crippen LogP contribution in [-0.2, 0) is 22.4 Å². The standard InChI is InChI=1S/C34H38Br2N4O4/c1-15-21(7-9-31(41)42)27-14-28-22(8-10-32(43)44)16(2)24(38-28)12-29-34(20(6)36)18(4)26(40-29)13-30-33(19(5)35)17(3)25(39-30)11-23(15)37-27/h11-14,19-20,37-40H,7-10H2,1-6H3,(H,41,42)(H,43,44). The highest BCUT2D eigenvalue weighted by molar-refractivity contribution is 9.09. The quantitative estimate of drug-likeness (QED) is 0.128. The summed E-state index contributed by atoms with van der Waals surface area (Å²) in [6.07, 6.45) is 9.09. The lowest BCUT2D eigenvalue weighted by molar-refractivity contribution is -0.138. The molecule has 4 aromatic rings. The molecule has 2 atom stereocenters. The largest absolute Gasteiger partial charge is 0.481 e. The van der Waals surface area contributed by atoms with Crippen molar-refractivity contribution < 1.29 is 19.8 Å². The number of nitrogens with one attached hydrogen (secondary N) is 4. The summed E-state index contributed by atoms with van der Waals surface area (Å²) in [5.74, 6) is -1.72. The summed E-state index contributed by atoms with van der Waals surface area (Å²) < 4.78 is 0. The maximum atomic E-state index is 11.6. The van der Waals surface area contributed by atoms with Crippen LogP contribution < -0.4 is 21.4 Å². The number of hydrogen-bond donors (Lipinski definition) is 6. The minimum Gasteiger partial charge on any atom is -0.481 e. The predicted octanol–water partition coefficient (Wildman–Crippen LogP) is 4.81. The molecule has 1 aliphatic heterocycles. The lowest BCUT2D eigenvalue weighted by Gasteiger charge is -2.05. The van der Waals surface area contributed by atoms with Gasteiger partial charge in [-0.25, -0.2) is 0 Å². The van der Waals surface area contributed by atoms with Gasteiger partial charge in [0.2, 0.25) is 0 Å². The summed E-state index contributed by atoms with van der Waals surface area (Å²) in [6.45, 7) is 12.5. The Balaban J connectivity index is 1.93. The van der Waals surface area contributed by atoms with Crippen LogP contribution in [0, 0.1) is 27.7 Å². The van der Waals surface area contributed by atoms with Crippen molar-refractivity contribution in [3.05, 3.63) is 88.7 Å². The number of carbonyl (C=O) groups is 2. The second kappa shape index (κ2) is 12.5. The summed E-state index contributed by atoms with van der Waals surface area (Å²) in [5.41, 5.74) is 12.1.